The third kappa shape index (κ3) is 3.76. The van der Waals surface area contributed by atoms with Gasteiger partial charge < -0.3 is 19.1 Å². The van der Waals surface area contributed by atoms with E-state index >= 15 is 0 Å². The zero-order chi connectivity index (χ0) is 16.4. The van der Waals surface area contributed by atoms with Crippen LogP contribution in [0.5, 0.6) is 0 Å². The van der Waals surface area contributed by atoms with Gasteiger partial charge in [-0.1, -0.05) is 0 Å². The summed E-state index contributed by atoms with van der Waals surface area (Å²) in [6, 6.07) is 2.00. The number of rotatable bonds is 3. The molecule has 0 spiro atoms. The molecule has 2 fully saturated rings. The molecule has 1 aromatic rings. The second-order valence-electron chi connectivity index (χ2n) is 6.81. The molecule has 0 radical (unpaired) electrons. The summed E-state index contributed by atoms with van der Waals surface area (Å²) in [5.41, 5.74) is 1.84. The molecule has 3 heterocycles. The summed E-state index contributed by atoms with van der Waals surface area (Å²) in [5.74, 6) is 0.127. The number of likely N-dealkylation sites (N-methyl/N-ethyl adjacent to an activating group) is 1. The van der Waals surface area contributed by atoms with Crippen molar-refractivity contribution >= 4 is 5.91 Å². The lowest BCUT2D eigenvalue weighted by atomic mass is 10.2. The number of carbonyl (C=O) groups excluding carboxylic acids is 1. The molecule has 1 unspecified atom stereocenters. The minimum Gasteiger partial charge on any atom is -0.373 e. The number of amides is 1. The average Bonchev–Trinajstić information content (AvgIpc) is 2.88. The smallest absolute Gasteiger partial charge is 0.270 e. The highest BCUT2D eigenvalue weighted by atomic mass is 16.5. The first-order valence-corrected chi connectivity index (χ1v) is 8.48. The molecule has 1 atom stereocenters. The quantitative estimate of drug-likeness (QED) is 0.809. The van der Waals surface area contributed by atoms with Crippen LogP contribution in [-0.4, -0.2) is 90.7 Å². The Morgan fingerprint density at radius 2 is 1.96 bits per heavy atom. The molecule has 2 aliphatic heterocycles. The van der Waals surface area contributed by atoms with E-state index in [1.165, 1.54) is 0 Å². The molecule has 6 nitrogen and oxygen atoms in total. The van der Waals surface area contributed by atoms with Gasteiger partial charge in [-0.2, -0.15) is 0 Å². The van der Waals surface area contributed by atoms with Crippen molar-refractivity contribution in [3.05, 3.63) is 23.5 Å². The van der Waals surface area contributed by atoms with Gasteiger partial charge in [0.2, 0.25) is 0 Å². The van der Waals surface area contributed by atoms with Crippen LogP contribution in [0.25, 0.3) is 0 Å². The topological polar surface area (TPSA) is 41.0 Å². The van der Waals surface area contributed by atoms with Crippen LogP contribution in [-0.2, 0) is 11.8 Å². The normalized spacial score (nSPS) is 24.1. The lowest BCUT2D eigenvalue weighted by Gasteiger charge is -2.38. The Morgan fingerprint density at radius 3 is 2.61 bits per heavy atom. The first-order valence-electron chi connectivity index (χ1n) is 8.48. The Labute approximate surface area is 138 Å². The van der Waals surface area contributed by atoms with Crippen LogP contribution in [0.15, 0.2) is 12.3 Å². The van der Waals surface area contributed by atoms with Gasteiger partial charge in [-0.15, -0.1) is 0 Å². The highest BCUT2D eigenvalue weighted by Gasteiger charge is 2.28. The monoisotopic (exact) mass is 320 g/mol. The molecule has 0 aliphatic carbocycles. The Hall–Kier alpha value is -1.37. The van der Waals surface area contributed by atoms with Crippen molar-refractivity contribution in [2.45, 2.75) is 13.0 Å². The minimum absolute atomic E-state index is 0.122. The maximum atomic E-state index is 12.8. The number of aryl methyl sites for hydroxylation is 2. The van der Waals surface area contributed by atoms with E-state index in [9.17, 15) is 4.79 Å². The number of morpholine rings is 1. The second-order valence-corrected chi connectivity index (χ2v) is 6.81. The summed E-state index contributed by atoms with van der Waals surface area (Å²) in [7, 11) is 4.10. The first kappa shape index (κ1) is 16.5. The molecule has 6 heteroatoms. The van der Waals surface area contributed by atoms with Crippen LogP contribution >= 0.6 is 0 Å². The fourth-order valence-corrected chi connectivity index (χ4v) is 3.46. The lowest BCUT2D eigenvalue weighted by molar-refractivity contribution is -0.0402. The number of hydrogen-bond donors (Lipinski definition) is 0. The van der Waals surface area contributed by atoms with Crippen LogP contribution in [0, 0.1) is 6.92 Å². The Kier molecular flexibility index (Phi) is 5.04. The van der Waals surface area contributed by atoms with E-state index in [1.807, 2.05) is 35.7 Å². The van der Waals surface area contributed by atoms with Crippen LogP contribution in [0.3, 0.4) is 0 Å². The molecule has 2 saturated heterocycles. The van der Waals surface area contributed by atoms with Crippen LogP contribution in [0.4, 0.5) is 0 Å². The van der Waals surface area contributed by atoms with E-state index in [-0.39, 0.29) is 12.0 Å². The first-order chi connectivity index (χ1) is 11.0. The van der Waals surface area contributed by atoms with E-state index in [0.29, 0.717) is 19.7 Å². The molecule has 23 heavy (non-hydrogen) atoms. The fourth-order valence-electron chi connectivity index (χ4n) is 3.46. The summed E-state index contributed by atoms with van der Waals surface area (Å²) in [4.78, 5) is 19.6. The van der Waals surface area contributed by atoms with E-state index in [2.05, 4.69) is 16.8 Å². The van der Waals surface area contributed by atoms with Crippen molar-refractivity contribution in [3.63, 3.8) is 0 Å². The van der Waals surface area contributed by atoms with Crippen molar-refractivity contribution < 1.29 is 9.53 Å². The Balaban J connectivity index is 1.59. The summed E-state index contributed by atoms with van der Waals surface area (Å²) in [5, 5.41) is 0. The third-order valence-corrected chi connectivity index (χ3v) is 4.96. The van der Waals surface area contributed by atoms with Gasteiger partial charge in [-0.05, 0) is 25.6 Å². The molecular formula is C17H28N4O2. The molecule has 0 aromatic carbocycles. The molecule has 0 saturated carbocycles. The second kappa shape index (κ2) is 7.03. The summed E-state index contributed by atoms with van der Waals surface area (Å²) in [6.45, 7) is 9.31. The number of aromatic nitrogens is 1. The van der Waals surface area contributed by atoms with E-state index in [0.717, 1.165) is 44.0 Å². The fraction of sp³-hybridized carbons (Fsp3) is 0.706. The minimum atomic E-state index is 0.122. The summed E-state index contributed by atoms with van der Waals surface area (Å²) >= 11 is 0. The number of ether oxygens (including phenoxy) is 1. The molecule has 2 aliphatic rings. The number of nitrogens with zero attached hydrogens (tertiary/aromatic N) is 4. The zero-order valence-electron chi connectivity index (χ0n) is 14.5. The van der Waals surface area contributed by atoms with Gasteiger partial charge in [0.05, 0.1) is 12.7 Å². The zero-order valence-corrected chi connectivity index (χ0v) is 14.5. The van der Waals surface area contributed by atoms with Gasteiger partial charge in [0.15, 0.2) is 0 Å². The van der Waals surface area contributed by atoms with E-state index < -0.39 is 0 Å². The van der Waals surface area contributed by atoms with Crippen LogP contribution < -0.4 is 0 Å². The van der Waals surface area contributed by atoms with E-state index in [4.69, 9.17) is 4.74 Å². The number of hydrogen-bond acceptors (Lipinski definition) is 4. The van der Waals surface area contributed by atoms with Gasteiger partial charge in [-0.25, -0.2) is 0 Å². The predicted molar refractivity (Wildman–Crippen MR) is 89.7 cm³/mol. The molecule has 0 bridgehead atoms. The molecule has 0 N–H and O–H groups in total. The summed E-state index contributed by atoms with van der Waals surface area (Å²) < 4.78 is 7.83. The van der Waals surface area contributed by atoms with Gasteiger partial charge in [0, 0.05) is 59.1 Å². The molecule has 1 aromatic heterocycles. The molecular weight excluding hydrogens is 292 g/mol. The summed E-state index contributed by atoms with van der Waals surface area (Å²) in [6.07, 6.45) is 2.07. The molecule has 128 valence electrons. The average molecular weight is 320 g/mol. The van der Waals surface area contributed by atoms with Crippen molar-refractivity contribution in [1.82, 2.24) is 19.3 Å². The van der Waals surface area contributed by atoms with Crippen molar-refractivity contribution in [2.75, 3.05) is 59.5 Å². The van der Waals surface area contributed by atoms with Gasteiger partial charge >= 0.3 is 0 Å². The SMILES string of the molecule is Cc1ccn(C)c1C(=O)N1CCOC(CN2CCN(C)CC2)C1. The lowest BCUT2D eigenvalue weighted by Crippen LogP contribution is -2.53. The Bertz CT molecular complexity index is 529. The molecule has 3 rings (SSSR count). The Morgan fingerprint density at radius 1 is 1.22 bits per heavy atom. The van der Waals surface area contributed by atoms with Crippen LogP contribution in [0.2, 0.25) is 0 Å². The largest absolute Gasteiger partial charge is 0.373 e. The van der Waals surface area contributed by atoms with Gasteiger partial charge in [0.1, 0.15) is 5.69 Å². The standard InChI is InChI=1S/C17H28N4O2/c1-14-4-5-19(3)16(14)17(22)21-10-11-23-15(13-21)12-20-8-6-18(2)7-9-20/h4-5,15H,6-13H2,1-3H3. The highest BCUT2D eigenvalue weighted by molar-refractivity contribution is 5.94. The predicted octanol–water partition coefficient (Wildman–Crippen LogP) is 0.422. The maximum absolute atomic E-state index is 12.8. The highest BCUT2D eigenvalue weighted by Crippen LogP contribution is 2.15. The van der Waals surface area contributed by atoms with Gasteiger partial charge in [-0.3, -0.25) is 9.69 Å². The van der Waals surface area contributed by atoms with Crippen LogP contribution in [0.1, 0.15) is 16.1 Å². The number of piperazine rings is 1. The third-order valence-electron chi connectivity index (χ3n) is 4.96. The van der Waals surface area contributed by atoms with Crippen molar-refractivity contribution in [1.29, 1.82) is 0 Å². The van der Waals surface area contributed by atoms with Crippen molar-refractivity contribution in [2.24, 2.45) is 7.05 Å². The molecule has 1 amide bonds. The van der Waals surface area contributed by atoms with Gasteiger partial charge in [0.25, 0.3) is 5.91 Å². The number of carbonyl (C=O) groups is 1. The maximum Gasteiger partial charge on any atom is 0.270 e. The van der Waals surface area contributed by atoms with Crippen molar-refractivity contribution in [3.8, 4) is 0 Å². The van der Waals surface area contributed by atoms with E-state index in [1.54, 1.807) is 0 Å².